The summed E-state index contributed by atoms with van der Waals surface area (Å²) in [7, 11) is 0. The van der Waals surface area contributed by atoms with Gasteiger partial charge in [0.2, 0.25) is 0 Å². The topological polar surface area (TPSA) is 61.2 Å². The molecule has 2 aromatic carbocycles. The van der Waals surface area contributed by atoms with Gasteiger partial charge >= 0.3 is 11.9 Å². The highest BCUT2D eigenvalue weighted by molar-refractivity contribution is 6.02. The second kappa shape index (κ2) is 6.05. The first-order valence-electron chi connectivity index (χ1n) is 6.64. The van der Waals surface area contributed by atoms with Crippen LogP contribution in [0.25, 0.3) is 5.69 Å². The molecule has 22 heavy (non-hydrogen) atoms. The number of nitrogens with zero attached hydrogens (tertiary/aromatic N) is 2. The van der Waals surface area contributed by atoms with Crippen molar-refractivity contribution in [3.63, 3.8) is 0 Å². The summed E-state index contributed by atoms with van der Waals surface area (Å²) in [5.74, 6) is -1.34. The van der Waals surface area contributed by atoms with Crippen LogP contribution in [0.15, 0.2) is 73.3 Å². The Labute approximate surface area is 126 Å². The predicted octanol–water partition coefficient (Wildman–Crippen LogP) is 2.87. The maximum Gasteiger partial charge on any atom is 0.346 e. The van der Waals surface area contributed by atoms with Crippen molar-refractivity contribution >= 4 is 11.9 Å². The average Bonchev–Trinajstić information content (AvgIpc) is 3.10. The number of hydrogen-bond acceptors (Lipinski definition) is 4. The molecule has 108 valence electrons. The maximum absolute atomic E-state index is 12.0. The zero-order valence-corrected chi connectivity index (χ0v) is 11.5. The van der Waals surface area contributed by atoms with Crippen LogP contribution in [-0.4, -0.2) is 21.5 Å². The molecule has 3 aromatic rings. The molecule has 0 saturated heterocycles. The Balaban J connectivity index is 1.71. The monoisotopic (exact) mass is 292 g/mol. The van der Waals surface area contributed by atoms with Crippen LogP contribution in [0.2, 0.25) is 0 Å². The van der Waals surface area contributed by atoms with Gasteiger partial charge in [0.25, 0.3) is 0 Å². The lowest BCUT2D eigenvalue weighted by atomic mass is 10.2. The summed E-state index contributed by atoms with van der Waals surface area (Å²) in [6, 6.07) is 15.1. The molecule has 0 bridgehead atoms. The van der Waals surface area contributed by atoms with Crippen molar-refractivity contribution in [2.75, 3.05) is 0 Å². The minimum Gasteiger partial charge on any atom is -0.386 e. The fourth-order valence-electron chi connectivity index (χ4n) is 1.96. The van der Waals surface area contributed by atoms with E-state index in [4.69, 9.17) is 4.74 Å². The van der Waals surface area contributed by atoms with Crippen LogP contribution in [0, 0.1) is 0 Å². The van der Waals surface area contributed by atoms with E-state index in [1.807, 2.05) is 4.57 Å². The van der Waals surface area contributed by atoms with Gasteiger partial charge in [-0.15, -0.1) is 0 Å². The van der Waals surface area contributed by atoms with Crippen molar-refractivity contribution in [3.8, 4) is 5.69 Å². The Morgan fingerprint density at radius 1 is 0.864 bits per heavy atom. The largest absolute Gasteiger partial charge is 0.386 e. The van der Waals surface area contributed by atoms with Gasteiger partial charge in [0, 0.05) is 18.1 Å². The summed E-state index contributed by atoms with van der Waals surface area (Å²) in [4.78, 5) is 27.7. The maximum atomic E-state index is 12.0. The van der Waals surface area contributed by atoms with Gasteiger partial charge in [-0.25, -0.2) is 14.6 Å². The molecule has 1 aromatic heterocycles. The van der Waals surface area contributed by atoms with Crippen molar-refractivity contribution in [1.82, 2.24) is 9.55 Å². The van der Waals surface area contributed by atoms with Gasteiger partial charge in [0.1, 0.15) is 0 Å². The number of ether oxygens (including phenoxy) is 1. The quantitative estimate of drug-likeness (QED) is 0.550. The summed E-state index contributed by atoms with van der Waals surface area (Å²) in [5.41, 5.74) is 1.52. The summed E-state index contributed by atoms with van der Waals surface area (Å²) in [6.45, 7) is 0. The van der Waals surface area contributed by atoms with Crippen molar-refractivity contribution in [2.24, 2.45) is 0 Å². The number of carbonyl (C=O) groups is 2. The summed E-state index contributed by atoms with van der Waals surface area (Å²) >= 11 is 0. The standard InChI is InChI=1S/C17H12N2O3/c20-16(13-4-2-1-3-5-13)22-17(21)14-6-8-15(9-7-14)19-11-10-18-12-19/h1-12H. The number of carbonyl (C=O) groups excluding carboxylic acids is 2. The Hall–Kier alpha value is -3.21. The molecular weight excluding hydrogens is 280 g/mol. The molecule has 1 heterocycles. The van der Waals surface area contributed by atoms with Crippen LogP contribution in [0.1, 0.15) is 20.7 Å². The lowest BCUT2D eigenvalue weighted by Crippen LogP contribution is -2.12. The fourth-order valence-corrected chi connectivity index (χ4v) is 1.96. The minimum atomic E-state index is -0.675. The third-order valence-electron chi connectivity index (χ3n) is 3.10. The van der Waals surface area contributed by atoms with E-state index in [-0.39, 0.29) is 0 Å². The Morgan fingerprint density at radius 2 is 1.50 bits per heavy atom. The van der Waals surface area contributed by atoms with Gasteiger partial charge in [0.05, 0.1) is 17.5 Å². The SMILES string of the molecule is O=C(OC(=O)c1ccc(-n2ccnc2)cc1)c1ccccc1. The smallest absolute Gasteiger partial charge is 0.346 e. The van der Waals surface area contributed by atoms with Crippen molar-refractivity contribution < 1.29 is 14.3 Å². The van der Waals surface area contributed by atoms with E-state index in [0.717, 1.165) is 5.69 Å². The van der Waals surface area contributed by atoms with Gasteiger partial charge < -0.3 is 9.30 Å². The lowest BCUT2D eigenvalue weighted by molar-refractivity contribution is 0.0398. The molecule has 0 amide bonds. The van der Waals surface area contributed by atoms with Crippen molar-refractivity contribution in [3.05, 3.63) is 84.4 Å². The summed E-state index contributed by atoms with van der Waals surface area (Å²) in [5, 5.41) is 0. The lowest BCUT2D eigenvalue weighted by Gasteiger charge is -2.05. The van der Waals surface area contributed by atoms with Gasteiger partial charge in [-0.05, 0) is 36.4 Å². The molecule has 0 unspecified atom stereocenters. The van der Waals surface area contributed by atoms with Crippen LogP contribution >= 0.6 is 0 Å². The van der Waals surface area contributed by atoms with Crippen LogP contribution in [-0.2, 0) is 4.74 Å². The third kappa shape index (κ3) is 2.93. The van der Waals surface area contributed by atoms with Crippen LogP contribution < -0.4 is 0 Å². The van der Waals surface area contributed by atoms with E-state index in [1.54, 1.807) is 73.3 Å². The molecule has 0 aliphatic carbocycles. The molecule has 0 radical (unpaired) electrons. The highest BCUT2D eigenvalue weighted by atomic mass is 16.6. The first kappa shape index (κ1) is 13.8. The number of rotatable bonds is 3. The highest BCUT2D eigenvalue weighted by Crippen LogP contribution is 2.11. The average molecular weight is 292 g/mol. The van der Waals surface area contributed by atoms with E-state index < -0.39 is 11.9 Å². The van der Waals surface area contributed by atoms with Gasteiger partial charge in [0.15, 0.2) is 0 Å². The highest BCUT2D eigenvalue weighted by Gasteiger charge is 2.14. The van der Waals surface area contributed by atoms with E-state index in [1.165, 1.54) is 0 Å². The molecule has 0 aliphatic heterocycles. The van der Waals surface area contributed by atoms with Crippen LogP contribution in [0.3, 0.4) is 0 Å². The third-order valence-corrected chi connectivity index (χ3v) is 3.10. The van der Waals surface area contributed by atoms with Gasteiger partial charge in [-0.2, -0.15) is 0 Å². The first-order valence-corrected chi connectivity index (χ1v) is 6.64. The molecule has 0 fully saturated rings. The molecule has 0 saturated carbocycles. The summed E-state index contributed by atoms with van der Waals surface area (Å²) in [6.07, 6.45) is 5.12. The van der Waals surface area contributed by atoms with E-state index in [2.05, 4.69) is 4.98 Å². The normalized spacial score (nSPS) is 10.2. The minimum absolute atomic E-state index is 0.313. The number of esters is 2. The van der Waals surface area contributed by atoms with Gasteiger partial charge in [-0.3, -0.25) is 0 Å². The van der Waals surface area contributed by atoms with Crippen LogP contribution in [0.5, 0.6) is 0 Å². The van der Waals surface area contributed by atoms with Crippen molar-refractivity contribution in [1.29, 1.82) is 0 Å². The summed E-state index contributed by atoms with van der Waals surface area (Å²) < 4.78 is 6.67. The zero-order valence-electron chi connectivity index (χ0n) is 11.5. The molecule has 0 N–H and O–H groups in total. The van der Waals surface area contributed by atoms with E-state index in [0.29, 0.717) is 11.1 Å². The Bertz CT molecular complexity index is 779. The molecule has 0 aliphatic rings. The van der Waals surface area contributed by atoms with E-state index >= 15 is 0 Å². The second-order valence-electron chi connectivity index (χ2n) is 4.56. The Morgan fingerprint density at radius 3 is 2.09 bits per heavy atom. The Kier molecular flexibility index (Phi) is 3.78. The van der Waals surface area contributed by atoms with Crippen molar-refractivity contribution in [2.45, 2.75) is 0 Å². The molecular formula is C17H12N2O3. The first-order chi connectivity index (χ1) is 10.7. The van der Waals surface area contributed by atoms with E-state index in [9.17, 15) is 9.59 Å². The number of benzene rings is 2. The molecule has 5 nitrogen and oxygen atoms in total. The number of aromatic nitrogens is 2. The predicted molar refractivity (Wildman–Crippen MR) is 79.8 cm³/mol. The molecule has 5 heteroatoms. The number of hydrogen-bond donors (Lipinski definition) is 0. The molecule has 0 spiro atoms. The zero-order chi connectivity index (χ0) is 15.4. The molecule has 0 atom stereocenters. The fraction of sp³-hybridized carbons (Fsp3) is 0. The van der Waals surface area contributed by atoms with Crippen LogP contribution in [0.4, 0.5) is 0 Å². The second-order valence-corrected chi connectivity index (χ2v) is 4.56. The molecule has 3 rings (SSSR count). The number of imidazole rings is 1. The van der Waals surface area contributed by atoms with Gasteiger partial charge in [-0.1, -0.05) is 18.2 Å².